The molecule has 1 aliphatic carbocycles. The number of rotatable bonds is 6. The lowest BCUT2D eigenvalue weighted by atomic mass is 9.86. The third-order valence-corrected chi connectivity index (χ3v) is 5.64. The van der Waals surface area contributed by atoms with Crippen LogP contribution in [0.4, 0.5) is 11.8 Å². The van der Waals surface area contributed by atoms with Gasteiger partial charge in [-0.25, -0.2) is 4.98 Å². The van der Waals surface area contributed by atoms with Gasteiger partial charge in [0.1, 0.15) is 11.5 Å². The van der Waals surface area contributed by atoms with Crippen molar-refractivity contribution in [3.8, 4) is 0 Å². The van der Waals surface area contributed by atoms with Crippen molar-refractivity contribution in [2.45, 2.75) is 39.2 Å². The number of nitrogens with zero attached hydrogens (tertiary/aromatic N) is 4. The number of nitrogens with one attached hydrogen (secondary N) is 2. The van der Waals surface area contributed by atoms with Gasteiger partial charge in [0, 0.05) is 38.3 Å². The molecular formula is C24H32N6O. The summed E-state index contributed by atoms with van der Waals surface area (Å²) in [5, 5.41) is 7.61. The minimum Gasteiger partial charge on any atom is -0.362 e. The summed E-state index contributed by atoms with van der Waals surface area (Å²) in [5.41, 5.74) is 1.42. The third-order valence-electron chi connectivity index (χ3n) is 5.64. The highest BCUT2D eigenvalue weighted by atomic mass is 16.1. The van der Waals surface area contributed by atoms with Crippen LogP contribution in [0.2, 0.25) is 0 Å². The number of hydrogen-bond acceptors (Lipinski definition) is 6. The monoisotopic (exact) mass is 420 g/mol. The zero-order valence-electron chi connectivity index (χ0n) is 17.5. The molecule has 1 fully saturated rings. The number of anilines is 2. The van der Waals surface area contributed by atoms with Gasteiger partial charge in [-0.15, -0.1) is 0 Å². The number of benzene rings is 1. The summed E-state index contributed by atoms with van der Waals surface area (Å²) in [4.78, 5) is 27.8. The van der Waals surface area contributed by atoms with Crippen LogP contribution in [0, 0.1) is 5.92 Å². The Hall–Kier alpha value is -3.22. The minimum absolute atomic E-state index is 0. The maximum Gasteiger partial charge on any atom is 0.269 e. The molecule has 1 aromatic carbocycles. The third kappa shape index (κ3) is 5.48. The summed E-state index contributed by atoms with van der Waals surface area (Å²) in [6.07, 6.45) is 5.85. The highest BCUT2D eigenvalue weighted by Crippen LogP contribution is 2.28. The van der Waals surface area contributed by atoms with Gasteiger partial charge in [0.25, 0.3) is 5.91 Å². The molecule has 7 heteroatoms. The topological polar surface area (TPSA) is 83.0 Å². The van der Waals surface area contributed by atoms with E-state index in [0.717, 1.165) is 42.4 Å². The number of para-hydroxylation sites is 1. The highest BCUT2D eigenvalue weighted by Gasteiger charge is 2.23. The molecule has 31 heavy (non-hydrogen) atoms. The molecule has 7 nitrogen and oxygen atoms in total. The van der Waals surface area contributed by atoms with Crippen LogP contribution in [-0.4, -0.2) is 47.5 Å². The minimum atomic E-state index is -0.100. The second-order valence-corrected chi connectivity index (χ2v) is 8.07. The number of hydrogen-bond donors (Lipinski definition) is 2. The number of pyridine rings is 1. The first-order valence-electron chi connectivity index (χ1n) is 10.5. The molecule has 0 saturated heterocycles. The first kappa shape index (κ1) is 22.5. The number of carbonyl (C=O) groups is 1. The first-order chi connectivity index (χ1) is 14.6. The van der Waals surface area contributed by atoms with E-state index in [1.54, 1.807) is 12.3 Å². The smallest absolute Gasteiger partial charge is 0.269 e. The van der Waals surface area contributed by atoms with E-state index in [1.807, 2.05) is 49.3 Å². The largest absolute Gasteiger partial charge is 0.362 e. The van der Waals surface area contributed by atoms with Crippen LogP contribution >= 0.6 is 0 Å². The Balaban J connectivity index is 0.00000272. The van der Waals surface area contributed by atoms with Crippen molar-refractivity contribution in [1.29, 1.82) is 0 Å². The molecule has 164 valence electrons. The van der Waals surface area contributed by atoms with Gasteiger partial charge < -0.3 is 15.5 Å². The molecule has 0 spiro atoms. The van der Waals surface area contributed by atoms with E-state index in [-0.39, 0.29) is 13.3 Å². The summed E-state index contributed by atoms with van der Waals surface area (Å²) < 4.78 is 0. The van der Waals surface area contributed by atoms with E-state index in [2.05, 4.69) is 21.7 Å². The van der Waals surface area contributed by atoms with Gasteiger partial charge in [-0.1, -0.05) is 25.6 Å². The number of fused-ring (bicyclic) bond motifs is 1. The average Bonchev–Trinajstić information content (AvgIpc) is 2.78. The Bertz CT molecular complexity index is 999. The van der Waals surface area contributed by atoms with Crippen LogP contribution < -0.4 is 15.5 Å². The molecule has 3 aromatic rings. The second-order valence-electron chi connectivity index (χ2n) is 8.07. The highest BCUT2D eigenvalue weighted by molar-refractivity contribution is 5.92. The molecule has 1 aliphatic rings. The van der Waals surface area contributed by atoms with Crippen LogP contribution in [0.1, 0.15) is 43.6 Å². The Morgan fingerprint density at radius 3 is 2.48 bits per heavy atom. The number of aromatic nitrogens is 3. The standard InChI is InChI=1S/C23H28N6O.CH4/c1-29(2)21-18-7-3-4-8-19(18)27-23(28-21)26-17-12-10-16(11-13-17)15-25-22(30)20-9-5-6-14-24-20;/h3-9,14,16-17H,10-13,15H2,1-2H3,(H,25,30)(H,26,27,28);1H4. The maximum atomic E-state index is 12.2. The lowest BCUT2D eigenvalue weighted by Crippen LogP contribution is -2.34. The Morgan fingerprint density at radius 1 is 1.03 bits per heavy atom. The number of carbonyl (C=O) groups excluding carboxylic acids is 1. The summed E-state index contributed by atoms with van der Waals surface area (Å²) in [7, 11) is 4.01. The van der Waals surface area contributed by atoms with Gasteiger partial charge >= 0.3 is 0 Å². The Kier molecular flexibility index (Phi) is 7.39. The van der Waals surface area contributed by atoms with Crippen molar-refractivity contribution >= 4 is 28.6 Å². The number of amides is 1. The van der Waals surface area contributed by atoms with Crippen LogP contribution in [-0.2, 0) is 0 Å². The van der Waals surface area contributed by atoms with Crippen LogP contribution in [0.3, 0.4) is 0 Å². The van der Waals surface area contributed by atoms with Crippen LogP contribution in [0.25, 0.3) is 10.9 Å². The molecule has 0 bridgehead atoms. The zero-order chi connectivity index (χ0) is 20.9. The molecule has 0 aliphatic heterocycles. The molecule has 2 N–H and O–H groups in total. The summed E-state index contributed by atoms with van der Waals surface area (Å²) in [6, 6.07) is 13.8. The summed E-state index contributed by atoms with van der Waals surface area (Å²) >= 11 is 0. The van der Waals surface area contributed by atoms with Crippen LogP contribution in [0.15, 0.2) is 48.7 Å². The molecular weight excluding hydrogens is 388 g/mol. The lowest BCUT2D eigenvalue weighted by Gasteiger charge is -2.29. The maximum absolute atomic E-state index is 12.2. The van der Waals surface area contributed by atoms with Gasteiger partial charge in [-0.3, -0.25) is 9.78 Å². The van der Waals surface area contributed by atoms with Crippen molar-refractivity contribution in [3.05, 3.63) is 54.4 Å². The molecule has 0 atom stereocenters. The van der Waals surface area contributed by atoms with Crippen molar-refractivity contribution in [2.24, 2.45) is 5.92 Å². The van der Waals surface area contributed by atoms with Crippen molar-refractivity contribution in [2.75, 3.05) is 30.9 Å². The van der Waals surface area contributed by atoms with Gasteiger partial charge in [0.2, 0.25) is 5.95 Å². The molecule has 1 amide bonds. The lowest BCUT2D eigenvalue weighted by molar-refractivity contribution is 0.0938. The second kappa shape index (κ2) is 10.2. The summed E-state index contributed by atoms with van der Waals surface area (Å²) in [6.45, 7) is 0.694. The van der Waals surface area contributed by atoms with Gasteiger partial charge in [0.15, 0.2) is 0 Å². The van der Waals surface area contributed by atoms with E-state index >= 15 is 0 Å². The van der Waals surface area contributed by atoms with Gasteiger partial charge in [0.05, 0.1) is 5.52 Å². The predicted molar refractivity (Wildman–Crippen MR) is 127 cm³/mol. The van der Waals surface area contributed by atoms with Crippen molar-refractivity contribution in [3.63, 3.8) is 0 Å². The van der Waals surface area contributed by atoms with Crippen molar-refractivity contribution in [1.82, 2.24) is 20.3 Å². The van der Waals surface area contributed by atoms with E-state index in [4.69, 9.17) is 9.97 Å². The molecule has 0 unspecified atom stereocenters. The fourth-order valence-electron chi connectivity index (χ4n) is 3.98. The van der Waals surface area contributed by atoms with Crippen LogP contribution in [0.5, 0.6) is 0 Å². The van der Waals surface area contributed by atoms with Crippen molar-refractivity contribution < 1.29 is 4.79 Å². The Morgan fingerprint density at radius 2 is 1.77 bits per heavy atom. The molecule has 2 heterocycles. The van der Waals surface area contributed by atoms with E-state index < -0.39 is 0 Å². The molecule has 0 radical (unpaired) electrons. The van der Waals surface area contributed by atoms with E-state index in [1.165, 1.54) is 0 Å². The molecule has 2 aromatic heterocycles. The Labute approximate surface area is 184 Å². The fraction of sp³-hybridized carbons (Fsp3) is 0.417. The average molecular weight is 421 g/mol. The fourth-order valence-corrected chi connectivity index (χ4v) is 3.98. The SMILES string of the molecule is C.CN(C)c1nc(NC2CCC(CNC(=O)c3ccccn3)CC2)nc2ccccc12. The van der Waals surface area contributed by atoms with E-state index in [9.17, 15) is 4.79 Å². The molecule has 4 rings (SSSR count). The van der Waals surface area contributed by atoms with E-state index in [0.29, 0.717) is 30.1 Å². The first-order valence-corrected chi connectivity index (χ1v) is 10.5. The van der Waals surface area contributed by atoms with Gasteiger partial charge in [-0.05, 0) is 55.9 Å². The summed E-state index contributed by atoms with van der Waals surface area (Å²) in [5.74, 6) is 2.00. The quantitative estimate of drug-likeness (QED) is 0.624. The normalized spacial score (nSPS) is 18.1. The van der Waals surface area contributed by atoms with Gasteiger partial charge in [-0.2, -0.15) is 4.98 Å². The molecule has 1 saturated carbocycles. The predicted octanol–water partition coefficient (Wildman–Crippen LogP) is 4.13. The zero-order valence-corrected chi connectivity index (χ0v) is 17.5.